The van der Waals surface area contributed by atoms with Crippen molar-refractivity contribution < 1.29 is 9.53 Å². The number of para-hydroxylation sites is 1. The van der Waals surface area contributed by atoms with Crippen molar-refractivity contribution in [1.29, 1.82) is 0 Å². The van der Waals surface area contributed by atoms with Crippen LogP contribution in [0.3, 0.4) is 0 Å². The molecule has 1 amide bonds. The van der Waals surface area contributed by atoms with Gasteiger partial charge in [-0.2, -0.15) is 4.68 Å². The Morgan fingerprint density at radius 2 is 2.25 bits per heavy atom. The van der Waals surface area contributed by atoms with Gasteiger partial charge in [0.25, 0.3) is 5.91 Å². The second kappa shape index (κ2) is 5.98. The number of amides is 1. The maximum Gasteiger partial charge on any atom is 0.253 e. The third kappa shape index (κ3) is 2.31. The van der Waals surface area contributed by atoms with E-state index in [0.29, 0.717) is 11.3 Å². The van der Waals surface area contributed by atoms with Gasteiger partial charge in [-0.1, -0.05) is 18.6 Å². The first-order valence-electron chi connectivity index (χ1n) is 8.49. The first kappa shape index (κ1) is 15.3. The Morgan fingerprint density at radius 1 is 1.42 bits per heavy atom. The van der Waals surface area contributed by atoms with E-state index in [1.165, 1.54) is 17.4 Å². The van der Waals surface area contributed by atoms with Gasteiger partial charge in [0.05, 0.1) is 17.4 Å². The molecule has 4 rings (SSSR count). The molecule has 0 aliphatic heterocycles. The molecule has 1 heterocycles. The van der Waals surface area contributed by atoms with Crippen molar-refractivity contribution in [2.45, 2.75) is 44.8 Å². The largest absolute Gasteiger partial charge is 0.378 e. The summed E-state index contributed by atoms with van der Waals surface area (Å²) in [5.41, 5.74) is 1.41. The van der Waals surface area contributed by atoms with Crippen LogP contribution in [-0.2, 0) is 4.74 Å². The Bertz CT molecular complexity index is 726. The minimum Gasteiger partial charge on any atom is -0.378 e. The Morgan fingerprint density at radius 3 is 2.92 bits per heavy atom. The van der Waals surface area contributed by atoms with Gasteiger partial charge in [-0.25, -0.2) is 0 Å². The van der Waals surface area contributed by atoms with Crippen molar-refractivity contribution in [3.63, 3.8) is 0 Å². The maximum atomic E-state index is 12.8. The van der Waals surface area contributed by atoms with Gasteiger partial charge in [0, 0.05) is 18.1 Å². The van der Waals surface area contributed by atoms with Crippen molar-refractivity contribution in [3.8, 4) is 5.69 Å². The van der Waals surface area contributed by atoms with Crippen LogP contribution in [0.1, 0.15) is 43.0 Å². The van der Waals surface area contributed by atoms with Gasteiger partial charge in [-0.15, -0.1) is 5.10 Å². The molecular weight excluding hydrogens is 306 g/mol. The molecule has 2 saturated carbocycles. The molecule has 1 aromatic heterocycles. The Labute approximate surface area is 140 Å². The zero-order chi connectivity index (χ0) is 16.6. The quantitative estimate of drug-likeness (QED) is 0.904. The van der Waals surface area contributed by atoms with Crippen LogP contribution in [0, 0.1) is 5.41 Å². The molecule has 2 atom stereocenters. The molecular formula is C17H21N5O2. The molecule has 2 aliphatic carbocycles. The lowest BCUT2D eigenvalue weighted by molar-refractivity contribution is -0.169. The molecule has 0 radical (unpaired) electrons. The smallest absolute Gasteiger partial charge is 0.253 e. The van der Waals surface area contributed by atoms with E-state index in [-0.39, 0.29) is 23.5 Å². The molecule has 0 bridgehead atoms. The van der Waals surface area contributed by atoms with Gasteiger partial charge in [-0.3, -0.25) is 4.79 Å². The predicted octanol–water partition coefficient (Wildman–Crippen LogP) is 1.74. The van der Waals surface area contributed by atoms with E-state index in [2.05, 4.69) is 20.8 Å². The standard InChI is InChI=1S/C17H21N5O2/c1-2-24-15-10-14(17(15)8-5-9-17)19-16(23)12-6-3-4-7-13(12)22-11-18-20-21-22/h3-4,6-7,11,14-15H,2,5,8-10H2,1H3,(H,19,23). The van der Waals surface area contributed by atoms with Crippen LogP contribution < -0.4 is 5.32 Å². The van der Waals surface area contributed by atoms with E-state index >= 15 is 0 Å². The molecule has 126 valence electrons. The Kier molecular flexibility index (Phi) is 3.80. The van der Waals surface area contributed by atoms with E-state index in [1.807, 2.05) is 25.1 Å². The number of nitrogens with one attached hydrogen (secondary N) is 1. The number of hydrogen-bond donors (Lipinski definition) is 1. The summed E-state index contributed by atoms with van der Waals surface area (Å²) < 4.78 is 7.37. The highest BCUT2D eigenvalue weighted by molar-refractivity contribution is 5.98. The minimum atomic E-state index is -0.0766. The molecule has 2 fully saturated rings. The SMILES string of the molecule is CCOC1CC(NC(=O)c2ccccc2-n2cnnn2)C12CCC2. The van der Waals surface area contributed by atoms with Crippen LogP contribution >= 0.6 is 0 Å². The average Bonchev–Trinajstić information content (AvgIpc) is 3.06. The predicted molar refractivity (Wildman–Crippen MR) is 86.7 cm³/mol. The molecule has 2 aliphatic rings. The molecule has 7 nitrogen and oxygen atoms in total. The number of aromatic nitrogens is 4. The number of ether oxygens (including phenoxy) is 1. The first-order chi connectivity index (χ1) is 11.7. The molecule has 1 aromatic carbocycles. The average molecular weight is 327 g/mol. The number of benzene rings is 1. The van der Waals surface area contributed by atoms with Gasteiger partial charge in [0.15, 0.2) is 0 Å². The number of carbonyl (C=O) groups excluding carboxylic acids is 1. The normalized spacial score (nSPS) is 24.2. The molecule has 2 aromatic rings. The van der Waals surface area contributed by atoms with Crippen LogP contribution in [0.4, 0.5) is 0 Å². The van der Waals surface area contributed by atoms with Gasteiger partial charge in [-0.05, 0) is 48.7 Å². The van der Waals surface area contributed by atoms with Crippen LogP contribution in [-0.4, -0.2) is 44.9 Å². The fourth-order valence-corrected chi connectivity index (χ4v) is 4.01. The Hall–Kier alpha value is -2.28. The van der Waals surface area contributed by atoms with E-state index in [0.717, 1.165) is 25.9 Å². The summed E-state index contributed by atoms with van der Waals surface area (Å²) in [4.78, 5) is 12.8. The summed E-state index contributed by atoms with van der Waals surface area (Å²) in [6.45, 7) is 2.76. The van der Waals surface area contributed by atoms with Crippen molar-refractivity contribution in [1.82, 2.24) is 25.5 Å². The molecule has 24 heavy (non-hydrogen) atoms. The number of nitrogens with zero attached hydrogens (tertiary/aromatic N) is 4. The number of hydrogen-bond acceptors (Lipinski definition) is 5. The van der Waals surface area contributed by atoms with E-state index in [9.17, 15) is 4.79 Å². The fraction of sp³-hybridized carbons (Fsp3) is 0.529. The van der Waals surface area contributed by atoms with Crippen molar-refractivity contribution in [2.75, 3.05) is 6.61 Å². The van der Waals surface area contributed by atoms with Crippen LogP contribution in [0.5, 0.6) is 0 Å². The summed E-state index contributed by atoms with van der Waals surface area (Å²) in [5, 5.41) is 14.4. The third-order valence-corrected chi connectivity index (χ3v) is 5.49. The first-order valence-corrected chi connectivity index (χ1v) is 8.49. The summed E-state index contributed by atoms with van der Waals surface area (Å²) in [6.07, 6.45) is 6.17. The lowest BCUT2D eigenvalue weighted by Gasteiger charge is -2.61. The Balaban J connectivity index is 1.52. The number of rotatable bonds is 5. The van der Waals surface area contributed by atoms with E-state index in [4.69, 9.17) is 4.74 Å². The topological polar surface area (TPSA) is 81.9 Å². The van der Waals surface area contributed by atoms with Crippen LogP contribution in [0.25, 0.3) is 5.69 Å². The second-order valence-electron chi connectivity index (χ2n) is 6.56. The van der Waals surface area contributed by atoms with Gasteiger partial charge >= 0.3 is 0 Å². The molecule has 2 unspecified atom stereocenters. The summed E-state index contributed by atoms with van der Waals surface area (Å²) >= 11 is 0. The highest BCUT2D eigenvalue weighted by Gasteiger charge is 2.59. The zero-order valence-corrected chi connectivity index (χ0v) is 13.7. The lowest BCUT2D eigenvalue weighted by atomic mass is 9.51. The minimum absolute atomic E-state index is 0.0766. The summed E-state index contributed by atoms with van der Waals surface area (Å²) in [6, 6.07) is 7.56. The fourth-order valence-electron chi connectivity index (χ4n) is 4.01. The summed E-state index contributed by atoms with van der Waals surface area (Å²) in [5.74, 6) is -0.0766. The van der Waals surface area contributed by atoms with E-state index < -0.39 is 0 Å². The number of tetrazole rings is 1. The summed E-state index contributed by atoms with van der Waals surface area (Å²) in [7, 11) is 0. The van der Waals surface area contributed by atoms with Crippen molar-refractivity contribution in [2.24, 2.45) is 5.41 Å². The van der Waals surface area contributed by atoms with Gasteiger partial charge in [0.2, 0.25) is 0 Å². The molecule has 7 heteroatoms. The highest BCUT2D eigenvalue weighted by Crippen LogP contribution is 2.57. The van der Waals surface area contributed by atoms with Crippen LogP contribution in [0.15, 0.2) is 30.6 Å². The van der Waals surface area contributed by atoms with Gasteiger partial charge < -0.3 is 10.1 Å². The maximum absolute atomic E-state index is 12.8. The van der Waals surface area contributed by atoms with E-state index in [1.54, 1.807) is 6.07 Å². The van der Waals surface area contributed by atoms with Crippen LogP contribution in [0.2, 0.25) is 0 Å². The molecule has 1 N–H and O–H groups in total. The van der Waals surface area contributed by atoms with Gasteiger partial charge in [0.1, 0.15) is 6.33 Å². The third-order valence-electron chi connectivity index (χ3n) is 5.49. The molecule has 1 spiro atoms. The van der Waals surface area contributed by atoms with Crippen molar-refractivity contribution >= 4 is 5.91 Å². The highest BCUT2D eigenvalue weighted by atomic mass is 16.5. The number of carbonyl (C=O) groups is 1. The molecule has 0 saturated heterocycles. The lowest BCUT2D eigenvalue weighted by Crippen LogP contribution is -2.67. The monoisotopic (exact) mass is 327 g/mol. The van der Waals surface area contributed by atoms with Crippen molar-refractivity contribution in [3.05, 3.63) is 36.2 Å². The zero-order valence-electron chi connectivity index (χ0n) is 13.7. The second-order valence-corrected chi connectivity index (χ2v) is 6.56.